The molecule has 2 unspecified atom stereocenters. The minimum absolute atomic E-state index is 0.0885. The van der Waals surface area contributed by atoms with Crippen molar-refractivity contribution in [1.29, 1.82) is 0 Å². The van der Waals surface area contributed by atoms with Crippen LogP contribution < -0.4 is 5.32 Å². The van der Waals surface area contributed by atoms with Gasteiger partial charge in [-0.1, -0.05) is 12.8 Å². The van der Waals surface area contributed by atoms with E-state index < -0.39 is 0 Å². The maximum Gasteiger partial charge on any atom is 0.242 e. The highest BCUT2D eigenvalue weighted by Crippen LogP contribution is 2.27. The average molecular weight is 226 g/mol. The number of nitrogens with one attached hydrogen (secondary N) is 1. The zero-order chi connectivity index (χ0) is 11.5. The second-order valence-electron chi connectivity index (χ2n) is 5.01. The fourth-order valence-electron chi connectivity index (χ4n) is 2.95. The van der Waals surface area contributed by atoms with Gasteiger partial charge in [0.1, 0.15) is 6.04 Å². The Bertz CT molecular complexity index is 251. The normalized spacial score (nSPS) is 33.1. The Labute approximate surface area is 97.0 Å². The van der Waals surface area contributed by atoms with Gasteiger partial charge in [0.15, 0.2) is 0 Å². The molecule has 0 spiro atoms. The number of aliphatic hydroxyl groups excluding tert-OH is 1. The number of rotatable bonds is 2. The third-order valence-corrected chi connectivity index (χ3v) is 3.88. The van der Waals surface area contributed by atoms with Crippen molar-refractivity contribution in [1.82, 2.24) is 10.2 Å². The monoisotopic (exact) mass is 226 g/mol. The summed E-state index contributed by atoms with van der Waals surface area (Å²) in [5, 5.41) is 12.3. The summed E-state index contributed by atoms with van der Waals surface area (Å²) >= 11 is 0. The molecule has 0 bridgehead atoms. The summed E-state index contributed by atoms with van der Waals surface area (Å²) < 4.78 is 0. The molecule has 0 aromatic rings. The number of nitrogens with zero attached hydrogens (tertiary/aromatic N) is 1. The summed E-state index contributed by atoms with van der Waals surface area (Å²) in [6.45, 7) is 2.85. The Morgan fingerprint density at radius 1 is 1.38 bits per heavy atom. The van der Waals surface area contributed by atoms with Crippen molar-refractivity contribution >= 4 is 5.91 Å². The van der Waals surface area contributed by atoms with Crippen LogP contribution in [-0.4, -0.2) is 47.2 Å². The van der Waals surface area contributed by atoms with E-state index in [4.69, 9.17) is 0 Å². The van der Waals surface area contributed by atoms with Crippen molar-refractivity contribution in [3.63, 3.8) is 0 Å². The van der Waals surface area contributed by atoms with Crippen LogP contribution in [-0.2, 0) is 4.79 Å². The molecule has 0 aromatic carbocycles. The highest BCUT2D eigenvalue weighted by atomic mass is 16.3. The number of hydrogen-bond acceptors (Lipinski definition) is 3. The van der Waals surface area contributed by atoms with Crippen LogP contribution in [0.3, 0.4) is 0 Å². The van der Waals surface area contributed by atoms with Crippen LogP contribution in [0, 0.1) is 0 Å². The van der Waals surface area contributed by atoms with Crippen molar-refractivity contribution in [2.45, 2.75) is 57.2 Å². The van der Waals surface area contributed by atoms with Crippen molar-refractivity contribution in [3.8, 4) is 0 Å². The molecule has 1 aliphatic carbocycles. The average Bonchev–Trinajstić information content (AvgIpc) is 2.73. The lowest BCUT2D eigenvalue weighted by Gasteiger charge is -2.34. The fraction of sp³-hybridized carbons (Fsp3) is 0.917. The van der Waals surface area contributed by atoms with Gasteiger partial charge in [0.25, 0.3) is 0 Å². The lowest BCUT2D eigenvalue weighted by molar-refractivity contribution is -0.137. The van der Waals surface area contributed by atoms with Gasteiger partial charge in [-0.2, -0.15) is 0 Å². The predicted molar refractivity (Wildman–Crippen MR) is 62.1 cm³/mol. The van der Waals surface area contributed by atoms with Crippen LogP contribution in [0.4, 0.5) is 0 Å². The van der Waals surface area contributed by atoms with Crippen LogP contribution in [0.2, 0.25) is 0 Å². The molecule has 92 valence electrons. The maximum atomic E-state index is 12.3. The molecule has 2 aliphatic rings. The van der Waals surface area contributed by atoms with Crippen molar-refractivity contribution in [2.24, 2.45) is 0 Å². The van der Waals surface area contributed by atoms with Gasteiger partial charge < -0.3 is 15.3 Å². The largest absolute Gasteiger partial charge is 0.394 e. The predicted octanol–water partition coefficient (Wildman–Crippen LogP) is 0.500. The zero-order valence-corrected chi connectivity index (χ0v) is 9.98. The van der Waals surface area contributed by atoms with Gasteiger partial charge in [-0.3, -0.25) is 4.79 Å². The van der Waals surface area contributed by atoms with Crippen LogP contribution in [0.25, 0.3) is 0 Å². The molecule has 4 heteroatoms. The van der Waals surface area contributed by atoms with E-state index in [2.05, 4.69) is 12.2 Å². The molecule has 1 saturated heterocycles. The SMILES string of the molecule is CC1CCNC(CO)C(=O)N1C1CCCC1. The molecule has 4 nitrogen and oxygen atoms in total. The third-order valence-electron chi connectivity index (χ3n) is 3.88. The third kappa shape index (κ3) is 2.23. The van der Waals surface area contributed by atoms with E-state index in [9.17, 15) is 9.90 Å². The summed E-state index contributed by atoms with van der Waals surface area (Å²) in [5.41, 5.74) is 0. The first-order valence-electron chi connectivity index (χ1n) is 6.40. The molecular weight excluding hydrogens is 204 g/mol. The minimum atomic E-state index is -0.384. The van der Waals surface area contributed by atoms with Gasteiger partial charge in [-0.15, -0.1) is 0 Å². The lowest BCUT2D eigenvalue weighted by Crippen LogP contribution is -2.51. The zero-order valence-electron chi connectivity index (χ0n) is 9.98. The van der Waals surface area contributed by atoms with E-state index in [0.29, 0.717) is 12.1 Å². The molecule has 1 aliphatic heterocycles. The summed E-state index contributed by atoms with van der Waals surface area (Å²) in [4.78, 5) is 14.3. The molecule has 1 heterocycles. The van der Waals surface area contributed by atoms with Crippen LogP contribution >= 0.6 is 0 Å². The van der Waals surface area contributed by atoms with Gasteiger partial charge in [-0.25, -0.2) is 0 Å². The molecule has 16 heavy (non-hydrogen) atoms. The maximum absolute atomic E-state index is 12.3. The highest BCUT2D eigenvalue weighted by molar-refractivity contribution is 5.83. The molecule has 1 saturated carbocycles. The standard InChI is InChI=1S/C12H22N2O2/c1-9-6-7-13-11(8-15)12(16)14(9)10-4-2-3-5-10/h9-11,13,15H,2-8H2,1H3. The summed E-state index contributed by atoms with van der Waals surface area (Å²) in [6.07, 6.45) is 5.72. The number of hydrogen-bond donors (Lipinski definition) is 2. The Morgan fingerprint density at radius 3 is 2.69 bits per heavy atom. The molecule has 2 fully saturated rings. The van der Waals surface area contributed by atoms with E-state index in [0.717, 1.165) is 25.8 Å². The summed E-state index contributed by atoms with van der Waals surface area (Å²) in [6, 6.07) is 0.335. The fourth-order valence-corrected chi connectivity index (χ4v) is 2.95. The highest BCUT2D eigenvalue weighted by Gasteiger charge is 2.35. The van der Waals surface area contributed by atoms with Crippen molar-refractivity contribution < 1.29 is 9.90 Å². The van der Waals surface area contributed by atoms with Gasteiger partial charge in [0, 0.05) is 12.1 Å². The Balaban J connectivity index is 2.12. The van der Waals surface area contributed by atoms with Gasteiger partial charge in [0.05, 0.1) is 6.61 Å². The Kier molecular flexibility index (Phi) is 3.82. The number of carbonyl (C=O) groups is 1. The molecule has 2 N–H and O–H groups in total. The lowest BCUT2D eigenvalue weighted by atomic mass is 10.1. The Hall–Kier alpha value is -0.610. The first-order valence-corrected chi connectivity index (χ1v) is 6.40. The van der Waals surface area contributed by atoms with E-state index in [-0.39, 0.29) is 18.6 Å². The first-order chi connectivity index (χ1) is 7.74. The molecule has 0 aromatic heterocycles. The number of aliphatic hydroxyl groups is 1. The summed E-state index contributed by atoms with van der Waals surface area (Å²) in [5.74, 6) is 0.0967. The van der Waals surface area contributed by atoms with Crippen LogP contribution in [0.15, 0.2) is 0 Å². The van der Waals surface area contributed by atoms with E-state index in [1.165, 1.54) is 12.8 Å². The quantitative estimate of drug-likeness (QED) is 0.721. The topological polar surface area (TPSA) is 52.6 Å². The van der Waals surface area contributed by atoms with Gasteiger partial charge in [0.2, 0.25) is 5.91 Å². The smallest absolute Gasteiger partial charge is 0.242 e. The van der Waals surface area contributed by atoms with Crippen molar-refractivity contribution in [3.05, 3.63) is 0 Å². The second-order valence-corrected chi connectivity index (χ2v) is 5.01. The Morgan fingerprint density at radius 2 is 2.06 bits per heavy atom. The second kappa shape index (κ2) is 5.15. The van der Waals surface area contributed by atoms with Gasteiger partial charge >= 0.3 is 0 Å². The summed E-state index contributed by atoms with van der Waals surface area (Å²) in [7, 11) is 0. The molecule has 0 radical (unpaired) electrons. The van der Waals surface area contributed by atoms with E-state index >= 15 is 0 Å². The molecular formula is C12H22N2O2. The van der Waals surface area contributed by atoms with E-state index in [1.807, 2.05) is 4.90 Å². The van der Waals surface area contributed by atoms with Crippen molar-refractivity contribution in [2.75, 3.05) is 13.2 Å². The number of carbonyl (C=O) groups excluding carboxylic acids is 1. The molecule has 2 atom stereocenters. The minimum Gasteiger partial charge on any atom is -0.394 e. The van der Waals surface area contributed by atoms with E-state index in [1.54, 1.807) is 0 Å². The van der Waals surface area contributed by atoms with Crippen LogP contribution in [0.5, 0.6) is 0 Å². The van der Waals surface area contributed by atoms with Gasteiger partial charge in [-0.05, 0) is 32.7 Å². The molecule has 2 rings (SSSR count). The first kappa shape index (κ1) is 11.9. The molecule has 1 amide bonds. The van der Waals surface area contributed by atoms with Crippen LogP contribution in [0.1, 0.15) is 39.0 Å². The number of amides is 1.